The van der Waals surface area contributed by atoms with Gasteiger partial charge < -0.3 is 5.11 Å². The van der Waals surface area contributed by atoms with Crippen LogP contribution in [0.2, 0.25) is 0 Å². The van der Waals surface area contributed by atoms with Crippen molar-refractivity contribution in [2.75, 3.05) is 0 Å². The van der Waals surface area contributed by atoms with Gasteiger partial charge in [0.2, 0.25) is 0 Å². The smallest absolute Gasteiger partial charge is 0.0695 e. The quantitative estimate of drug-likeness (QED) is 0.829. The molecule has 1 aromatic heterocycles. The second-order valence-corrected chi connectivity index (χ2v) is 4.73. The van der Waals surface area contributed by atoms with Crippen molar-refractivity contribution in [3.8, 4) is 0 Å². The fourth-order valence-electron chi connectivity index (χ4n) is 1.47. The van der Waals surface area contributed by atoms with Crippen molar-refractivity contribution in [2.24, 2.45) is 0 Å². The van der Waals surface area contributed by atoms with E-state index in [1.165, 1.54) is 15.6 Å². The molecule has 1 aromatic carbocycles. The Bertz CT molecular complexity index is 447. The molecular weight excluding hydrogens is 248 g/mol. The lowest BCUT2D eigenvalue weighted by Crippen LogP contribution is -1.90. The van der Waals surface area contributed by atoms with E-state index in [0.29, 0.717) is 0 Å². The molecule has 0 spiro atoms. The average molecular weight is 257 g/mol. The van der Waals surface area contributed by atoms with Crippen molar-refractivity contribution in [2.45, 2.75) is 13.5 Å². The second-order valence-electron chi connectivity index (χ2n) is 2.96. The molecule has 0 aliphatic carbocycles. The summed E-state index contributed by atoms with van der Waals surface area (Å²) >= 11 is 5.18. The third-order valence-electron chi connectivity index (χ3n) is 2.22. The van der Waals surface area contributed by atoms with E-state index in [-0.39, 0.29) is 6.61 Å². The van der Waals surface area contributed by atoms with Gasteiger partial charge in [0.25, 0.3) is 0 Å². The van der Waals surface area contributed by atoms with Crippen LogP contribution in [0.1, 0.15) is 11.1 Å². The Balaban J connectivity index is 2.85. The molecule has 2 rings (SSSR count). The molecular formula is C10H9BrOS. The van der Waals surface area contributed by atoms with Crippen molar-refractivity contribution in [3.05, 3.63) is 33.1 Å². The van der Waals surface area contributed by atoms with Crippen LogP contribution in [0.5, 0.6) is 0 Å². The fourth-order valence-corrected chi connectivity index (χ4v) is 3.05. The molecule has 0 unspecified atom stereocenters. The molecule has 0 saturated heterocycles. The Labute approximate surface area is 89.1 Å². The highest BCUT2D eigenvalue weighted by molar-refractivity contribution is 9.10. The summed E-state index contributed by atoms with van der Waals surface area (Å²) in [6.07, 6.45) is 0. The molecule has 0 atom stereocenters. The van der Waals surface area contributed by atoms with Gasteiger partial charge in [-0.25, -0.2) is 0 Å². The lowest BCUT2D eigenvalue weighted by molar-refractivity contribution is 0.280. The molecule has 0 saturated carbocycles. The monoisotopic (exact) mass is 256 g/mol. The number of halogens is 1. The van der Waals surface area contributed by atoms with Gasteiger partial charge in [-0.3, -0.25) is 0 Å². The van der Waals surface area contributed by atoms with Gasteiger partial charge in [0.05, 0.1) is 6.61 Å². The molecule has 0 bridgehead atoms. The summed E-state index contributed by atoms with van der Waals surface area (Å²) in [6.45, 7) is 2.15. The number of aliphatic hydroxyl groups excluding tert-OH is 1. The third-order valence-corrected chi connectivity index (χ3v) is 3.97. The van der Waals surface area contributed by atoms with Crippen molar-refractivity contribution in [1.82, 2.24) is 0 Å². The van der Waals surface area contributed by atoms with Gasteiger partial charge in [0.1, 0.15) is 0 Å². The largest absolute Gasteiger partial charge is 0.392 e. The summed E-state index contributed by atoms with van der Waals surface area (Å²) in [5, 5.41) is 12.5. The Morgan fingerprint density at radius 1 is 1.54 bits per heavy atom. The zero-order valence-corrected chi connectivity index (χ0v) is 9.58. The minimum absolute atomic E-state index is 0.0975. The van der Waals surface area contributed by atoms with Gasteiger partial charge in [0.15, 0.2) is 0 Å². The first-order valence-corrected chi connectivity index (χ1v) is 5.67. The second kappa shape index (κ2) is 3.40. The minimum Gasteiger partial charge on any atom is -0.392 e. The summed E-state index contributed by atoms with van der Waals surface area (Å²) in [4.78, 5) is 0. The molecule has 0 aliphatic heterocycles. The molecule has 1 nitrogen and oxygen atoms in total. The van der Waals surface area contributed by atoms with Gasteiger partial charge in [-0.05, 0) is 40.9 Å². The topological polar surface area (TPSA) is 20.2 Å². The van der Waals surface area contributed by atoms with Crippen LogP contribution in [0.25, 0.3) is 10.1 Å². The van der Waals surface area contributed by atoms with Gasteiger partial charge in [-0.2, -0.15) is 0 Å². The predicted octanol–water partition coefficient (Wildman–Crippen LogP) is 3.46. The number of hydrogen-bond donors (Lipinski definition) is 1. The van der Waals surface area contributed by atoms with Crippen LogP contribution in [0.15, 0.2) is 22.0 Å². The zero-order chi connectivity index (χ0) is 9.42. The number of rotatable bonds is 1. The van der Waals surface area contributed by atoms with Crippen molar-refractivity contribution >= 4 is 37.4 Å². The van der Waals surface area contributed by atoms with Gasteiger partial charge >= 0.3 is 0 Å². The maximum Gasteiger partial charge on any atom is 0.0695 e. The Morgan fingerprint density at radius 2 is 2.31 bits per heavy atom. The van der Waals surface area contributed by atoms with Crippen LogP contribution >= 0.6 is 27.3 Å². The highest BCUT2D eigenvalue weighted by Gasteiger charge is 2.08. The van der Waals surface area contributed by atoms with E-state index < -0.39 is 0 Å². The molecule has 2 aromatic rings. The molecule has 1 heterocycles. The molecule has 3 heteroatoms. The van der Waals surface area contributed by atoms with Crippen LogP contribution in [0.4, 0.5) is 0 Å². The number of fused-ring (bicyclic) bond motifs is 1. The van der Waals surface area contributed by atoms with E-state index in [2.05, 4.69) is 40.4 Å². The van der Waals surface area contributed by atoms with Gasteiger partial charge in [-0.1, -0.05) is 15.9 Å². The van der Waals surface area contributed by atoms with Crippen molar-refractivity contribution in [3.63, 3.8) is 0 Å². The molecule has 0 amide bonds. The zero-order valence-electron chi connectivity index (χ0n) is 7.17. The molecule has 68 valence electrons. The average Bonchev–Trinajstić information content (AvgIpc) is 2.53. The van der Waals surface area contributed by atoms with Crippen molar-refractivity contribution in [1.29, 1.82) is 0 Å². The Morgan fingerprint density at radius 3 is 3.00 bits per heavy atom. The highest BCUT2D eigenvalue weighted by Crippen LogP contribution is 2.32. The molecule has 13 heavy (non-hydrogen) atoms. The van der Waals surface area contributed by atoms with E-state index >= 15 is 0 Å². The first kappa shape index (κ1) is 9.19. The normalized spacial score (nSPS) is 11.0. The van der Waals surface area contributed by atoms with E-state index in [0.717, 1.165) is 10.0 Å². The maximum atomic E-state index is 9.17. The van der Waals surface area contributed by atoms with Crippen LogP contribution in [0.3, 0.4) is 0 Å². The molecule has 0 radical (unpaired) electrons. The van der Waals surface area contributed by atoms with Gasteiger partial charge in [-0.15, -0.1) is 11.3 Å². The van der Waals surface area contributed by atoms with Crippen LogP contribution in [-0.4, -0.2) is 5.11 Å². The third kappa shape index (κ3) is 1.41. The molecule has 0 aliphatic rings. The Kier molecular flexibility index (Phi) is 2.41. The number of hydrogen-bond acceptors (Lipinski definition) is 2. The first-order chi connectivity index (χ1) is 6.24. The SMILES string of the molecule is Cc1c(CO)c(Br)cc2ccsc12. The molecule has 0 fully saturated rings. The predicted molar refractivity (Wildman–Crippen MR) is 60.2 cm³/mol. The lowest BCUT2D eigenvalue weighted by atomic mass is 10.1. The summed E-state index contributed by atoms with van der Waals surface area (Å²) in [7, 11) is 0. The van der Waals surface area contributed by atoms with E-state index in [1.807, 2.05) is 0 Å². The minimum atomic E-state index is 0.0975. The number of thiophene rings is 1. The summed E-state index contributed by atoms with van der Waals surface area (Å²) in [6, 6.07) is 4.16. The number of aliphatic hydroxyl groups is 1. The summed E-state index contributed by atoms with van der Waals surface area (Å²) < 4.78 is 2.27. The van der Waals surface area contributed by atoms with Gasteiger partial charge in [0, 0.05) is 9.17 Å². The van der Waals surface area contributed by atoms with E-state index in [1.54, 1.807) is 11.3 Å². The van der Waals surface area contributed by atoms with Crippen molar-refractivity contribution < 1.29 is 5.11 Å². The van der Waals surface area contributed by atoms with E-state index in [4.69, 9.17) is 0 Å². The summed E-state index contributed by atoms with van der Waals surface area (Å²) in [5.74, 6) is 0. The first-order valence-electron chi connectivity index (χ1n) is 4.00. The van der Waals surface area contributed by atoms with Crippen LogP contribution in [-0.2, 0) is 6.61 Å². The van der Waals surface area contributed by atoms with Crippen LogP contribution < -0.4 is 0 Å². The Hall–Kier alpha value is -0.380. The highest BCUT2D eigenvalue weighted by atomic mass is 79.9. The van der Waals surface area contributed by atoms with Crippen LogP contribution in [0, 0.1) is 6.92 Å². The number of aryl methyl sites for hydroxylation is 1. The maximum absolute atomic E-state index is 9.17. The standard InChI is InChI=1S/C10H9BrOS/c1-6-8(5-12)9(11)4-7-2-3-13-10(6)7/h2-4,12H,5H2,1H3. The number of benzene rings is 1. The van der Waals surface area contributed by atoms with E-state index in [9.17, 15) is 5.11 Å². The lowest BCUT2D eigenvalue weighted by Gasteiger charge is -2.06. The fraction of sp³-hybridized carbons (Fsp3) is 0.200. The molecule has 1 N–H and O–H groups in total. The summed E-state index contributed by atoms with van der Waals surface area (Å²) in [5.41, 5.74) is 2.18.